The number of amidine groups is 1. The zero-order valence-corrected chi connectivity index (χ0v) is 15.4. The number of nitrogens with one attached hydrogen (secondary N) is 1. The molecule has 1 heterocycles. The number of carbonyl (C=O) groups is 1. The topological polar surface area (TPSA) is 155 Å². The fourth-order valence-corrected chi connectivity index (χ4v) is 3.12. The highest BCUT2D eigenvalue weighted by Gasteiger charge is 2.33. The molecule has 2 aromatic carbocycles. The second-order valence-electron chi connectivity index (χ2n) is 6.81. The summed E-state index contributed by atoms with van der Waals surface area (Å²) < 4.78 is 5.72. The Morgan fingerprint density at radius 1 is 1.21 bits per heavy atom. The number of carboxylic acids is 1. The summed E-state index contributed by atoms with van der Waals surface area (Å²) >= 11 is 0. The predicted octanol–water partition coefficient (Wildman–Crippen LogP) is 0.900. The van der Waals surface area contributed by atoms with Crippen molar-refractivity contribution < 1.29 is 34.9 Å². The van der Waals surface area contributed by atoms with Gasteiger partial charge in [-0.25, -0.2) is 4.79 Å². The second kappa shape index (κ2) is 8.42. The van der Waals surface area contributed by atoms with E-state index in [0.29, 0.717) is 18.7 Å². The first-order valence-electron chi connectivity index (χ1n) is 9.00. The number of carboxylic acid groups (broad SMARTS) is 1. The standard InChI is InChI=1S/C19H21BN2O7/c21-18(12-2-1-3-13(23)8-12)22-9-14(10-22)29-15-5-4-11(6-7-20(27)28)17(24)16(15)19(25)26/h1-5,8,14,21,23-24,27-28H,6-7,9-10H2,(H,25,26). The Kier molecular flexibility index (Phi) is 5.95. The highest BCUT2D eigenvalue weighted by molar-refractivity contribution is 6.41. The van der Waals surface area contributed by atoms with Gasteiger partial charge in [-0.3, -0.25) is 5.41 Å². The first kappa shape index (κ1) is 20.5. The molecule has 9 nitrogen and oxygen atoms in total. The zero-order valence-electron chi connectivity index (χ0n) is 15.4. The molecule has 3 rings (SSSR count). The summed E-state index contributed by atoms with van der Waals surface area (Å²) in [6.07, 6.45) is -0.306. The molecule has 1 aliphatic rings. The van der Waals surface area contributed by atoms with E-state index in [4.69, 9.17) is 20.2 Å². The van der Waals surface area contributed by atoms with Crippen LogP contribution in [0.4, 0.5) is 0 Å². The third-order valence-electron chi connectivity index (χ3n) is 4.69. The molecule has 1 fully saturated rings. The average Bonchev–Trinajstić information content (AvgIpc) is 2.62. The van der Waals surface area contributed by atoms with Crippen LogP contribution in [0.5, 0.6) is 17.2 Å². The molecule has 0 aromatic heterocycles. The molecule has 1 aliphatic heterocycles. The number of aromatic hydroxyl groups is 2. The van der Waals surface area contributed by atoms with E-state index in [2.05, 4.69) is 0 Å². The number of benzene rings is 2. The van der Waals surface area contributed by atoms with Crippen molar-refractivity contribution in [3.8, 4) is 17.2 Å². The lowest BCUT2D eigenvalue weighted by atomic mass is 9.82. The van der Waals surface area contributed by atoms with Crippen LogP contribution < -0.4 is 4.74 Å². The monoisotopic (exact) mass is 400 g/mol. The number of nitrogens with zero attached hydrogens (tertiary/aromatic N) is 1. The van der Waals surface area contributed by atoms with Gasteiger partial charge in [0.15, 0.2) is 0 Å². The summed E-state index contributed by atoms with van der Waals surface area (Å²) in [5.74, 6) is -1.51. The Hall–Kier alpha value is -3.24. The van der Waals surface area contributed by atoms with Crippen LogP contribution in [0.1, 0.15) is 21.5 Å². The smallest absolute Gasteiger partial charge is 0.451 e. The Morgan fingerprint density at radius 3 is 2.55 bits per heavy atom. The van der Waals surface area contributed by atoms with Crippen molar-refractivity contribution in [2.75, 3.05) is 13.1 Å². The van der Waals surface area contributed by atoms with Crippen LogP contribution in [-0.4, -0.2) is 68.4 Å². The molecule has 0 radical (unpaired) electrons. The van der Waals surface area contributed by atoms with Crippen molar-refractivity contribution in [2.24, 2.45) is 0 Å². The van der Waals surface area contributed by atoms with Crippen LogP contribution >= 0.6 is 0 Å². The summed E-state index contributed by atoms with van der Waals surface area (Å²) in [5.41, 5.74) is 0.461. The van der Waals surface area contributed by atoms with Gasteiger partial charge in [-0.1, -0.05) is 18.2 Å². The third kappa shape index (κ3) is 4.61. The first-order valence-corrected chi connectivity index (χ1v) is 9.00. The fraction of sp³-hybridized carbons (Fsp3) is 0.263. The Balaban J connectivity index is 1.67. The predicted molar refractivity (Wildman–Crippen MR) is 105 cm³/mol. The SMILES string of the molecule is N=C(c1cccc(O)c1)N1CC(Oc2ccc(CCB(O)O)c(O)c2C(=O)O)C1. The van der Waals surface area contributed by atoms with Crippen molar-refractivity contribution in [2.45, 2.75) is 18.8 Å². The first-order chi connectivity index (χ1) is 13.8. The van der Waals surface area contributed by atoms with Gasteiger partial charge >= 0.3 is 13.1 Å². The van der Waals surface area contributed by atoms with Gasteiger partial charge in [0.25, 0.3) is 0 Å². The van der Waals surface area contributed by atoms with Gasteiger partial charge in [0, 0.05) is 5.56 Å². The van der Waals surface area contributed by atoms with E-state index in [0.717, 1.165) is 0 Å². The van der Waals surface area contributed by atoms with Gasteiger partial charge in [-0.05, 0) is 36.5 Å². The molecule has 0 unspecified atom stereocenters. The lowest BCUT2D eigenvalue weighted by molar-refractivity contribution is 0.0596. The van der Waals surface area contributed by atoms with Crippen molar-refractivity contribution >= 4 is 18.9 Å². The van der Waals surface area contributed by atoms with Gasteiger partial charge in [0.2, 0.25) is 0 Å². The van der Waals surface area contributed by atoms with Crippen molar-refractivity contribution in [3.63, 3.8) is 0 Å². The van der Waals surface area contributed by atoms with Crippen LogP contribution in [0.3, 0.4) is 0 Å². The van der Waals surface area contributed by atoms with E-state index >= 15 is 0 Å². The van der Waals surface area contributed by atoms with Crippen LogP contribution in [0.2, 0.25) is 6.32 Å². The summed E-state index contributed by atoms with van der Waals surface area (Å²) in [4.78, 5) is 13.3. The van der Waals surface area contributed by atoms with Gasteiger partial charge in [0.1, 0.15) is 34.8 Å². The molecular formula is C19H21BN2O7. The van der Waals surface area contributed by atoms with E-state index in [-0.39, 0.29) is 47.3 Å². The molecule has 0 saturated carbocycles. The lowest BCUT2D eigenvalue weighted by Crippen LogP contribution is -2.56. The zero-order chi connectivity index (χ0) is 21.1. The number of aryl methyl sites for hydroxylation is 1. The van der Waals surface area contributed by atoms with E-state index in [1.807, 2.05) is 0 Å². The Bertz CT molecular complexity index is 929. The van der Waals surface area contributed by atoms with Crippen LogP contribution in [0.15, 0.2) is 36.4 Å². The van der Waals surface area contributed by atoms with Gasteiger partial charge in [-0.2, -0.15) is 0 Å². The molecular weight excluding hydrogens is 379 g/mol. The molecule has 0 amide bonds. The molecule has 6 N–H and O–H groups in total. The minimum atomic E-state index is -1.55. The maximum absolute atomic E-state index is 11.6. The number of rotatable bonds is 7. The molecule has 2 aromatic rings. The Labute approximate surface area is 167 Å². The van der Waals surface area contributed by atoms with E-state index in [9.17, 15) is 20.1 Å². The molecule has 0 bridgehead atoms. The molecule has 0 aliphatic carbocycles. The number of phenols is 2. The maximum atomic E-state index is 11.6. The number of hydrogen-bond donors (Lipinski definition) is 6. The van der Waals surface area contributed by atoms with E-state index < -0.39 is 18.8 Å². The number of ether oxygens (including phenoxy) is 1. The van der Waals surface area contributed by atoms with Crippen molar-refractivity contribution in [3.05, 3.63) is 53.1 Å². The summed E-state index contributed by atoms with van der Waals surface area (Å²) in [6, 6.07) is 9.28. The summed E-state index contributed by atoms with van der Waals surface area (Å²) in [6.45, 7) is 0.708. The van der Waals surface area contributed by atoms with Crippen LogP contribution in [-0.2, 0) is 6.42 Å². The molecule has 152 valence electrons. The molecule has 1 saturated heterocycles. The molecule has 0 atom stereocenters. The number of phenolic OH excluding ortho intramolecular Hbond substituents is 1. The highest BCUT2D eigenvalue weighted by Crippen LogP contribution is 2.34. The minimum Gasteiger partial charge on any atom is -0.508 e. The quantitative estimate of drug-likeness (QED) is 0.228. The fourth-order valence-electron chi connectivity index (χ4n) is 3.12. The van der Waals surface area contributed by atoms with Crippen LogP contribution in [0, 0.1) is 5.41 Å². The third-order valence-corrected chi connectivity index (χ3v) is 4.69. The largest absolute Gasteiger partial charge is 0.508 e. The second-order valence-corrected chi connectivity index (χ2v) is 6.81. The minimum absolute atomic E-state index is 0.0110. The number of likely N-dealkylation sites (tertiary alicyclic amines) is 1. The molecule has 0 spiro atoms. The Morgan fingerprint density at radius 2 is 1.93 bits per heavy atom. The average molecular weight is 400 g/mol. The summed E-state index contributed by atoms with van der Waals surface area (Å²) in [7, 11) is -1.55. The van der Waals surface area contributed by atoms with Gasteiger partial charge in [0.05, 0.1) is 13.1 Å². The van der Waals surface area contributed by atoms with Gasteiger partial charge < -0.3 is 35.0 Å². The van der Waals surface area contributed by atoms with E-state index in [1.165, 1.54) is 24.3 Å². The van der Waals surface area contributed by atoms with E-state index in [1.54, 1.807) is 17.0 Å². The summed E-state index contributed by atoms with van der Waals surface area (Å²) in [5, 5.41) is 55.4. The van der Waals surface area contributed by atoms with Crippen molar-refractivity contribution in [1.82, 2.24) is 4.90 Å². The van der Waals surface area contributed by atoms with Crippen LogP contribution in [0.25, 0.3) is 0 Å². The molecule has 29 heavy (non-hydrogen) atoms. The number of aromatic carboxylic acids is 1. The lowest BCUT2D eigenvalue weighted by Gasteiger charge is -2.40. The van der Waals surface area contributed by atoms with Gasteiger partial charge in [-0.15, -0.1) is 0 Å². The molecule has 10 heteroatoms. The normalized spacial score (nSPS) is 13.7. The number of hydrogen-bond acceptors (Lipinski definition) is 7. The van der Waals surface area contributed by atoms with Crippen molar-refractivity contribution in [1.29, 1.82) is 5.41 Å². The maximum Gasteiger partial charge on any atom is 0.451 e. The highest BCUT2D eigenvalue weighted by atomic mass is 16.5.